The molecule has 0 saturated carbocycles. The van der Waals surface area contributed by atoms with Gasteiger partial charge >= 0.3 is 0 Å². The maximum absolute atomic E-state index is 12.4. The van der Waals surface area contributed by atoms with Gasteiger partial charge in [0, 0.05) is 11.8 Å². The zero-order valence-electron chi connectivity index (χ0n) is 13.3. The smallest absolute Gasteiger partial charge is 0.291 e. The van der Waals surface area contributed by atoms with Crippen LogP contribution >= 0.6 is 0 Å². The van der Waals surface area contributed by atoms with E-state index in [0.717, 1.165) is 16.7 Å². The second-order valence-corrected chi connectivity index (χ2v) is 5.63. The van der Waals surface area contributed by atoms with Crippen LogP contribution in [0.1, 0.15) is 27.2 Å². The fourth-order valence-electron chi connectivity index (χ4n) is 2.46. The van der Waals surface area contributed by atoms with Crippen LogP contribution in [0.25, 0.3) is 11.0 Å². The van der Waals surface area contributed by atoms with Crippen molar-refractivity contribution in [1.29, 1.82) is 0 Å². The van der Waals surface area contributed by atoms with Gasteiger partial charge in [0.2, 0.25) is 0 Å². The van der Waals surface area contributed by atoms with Crippen LogP contribution in [-0.2, 0) is 0 Å². The van der Waals surface area contributed by atoms with E-state index >= 15 is 0 Å². The van der Waals surface area contributed by atoms with Crippen molar-refractivity contribution in [2.24, 2.45) is 0 Å². The average Bonchev–Trinajstić information content (AvgIpc) is 2.53. The van der Waals surface area contributed by atoms with Crippen molar-refractivity contribution in [3.63, 3.8) is 0 Å². The number of anilines is 1. The van der Waals surface area contributed by atoms with Crippen LogP contribution in [0, 0.1) is 20.8 Å². The molecule has 1 N–H and O–H groups in total. The molecule has 3 rings (SSSR count). The molecule has 0 aliphatic carbocycles. The van der Waals surface area contributed by atoms with E-state index in [1.807, 2.05) is 51.1 Å². The number of benzene rings is 2. The van der Waals surface area contributed by atoms with E-state index in [1.165, 1.54) is 6.07 Å². The van der Waals surface area contributed by atoms with Crippen molar-refractivity contribution in [3.8, 4) is 0 Å². The Kier molecular flexibility index (Phi) is 3.74. The van der Waals surface area contributed by atoms with Crippen LogP contribution in [0.5, 0.6) is 0 Å². The maximum Gasteiger partial charge on any atom is 0.291 e. The quantitative estimate of drug-likeness (QED) is 0.779. The van der Waals surface area contributed by atoms with E-state index in [2.05, 4.69) is 5.32 Å². The number of hydrogen-bond donors (Lipinski definition) is 1. The van der Waals surface area contributed by atoms with Gasteiger partial charge in [0.25, 0.3) is 5.91 Å². The first kappa shape index (κ1) is 15.0. The van der Waals surface area contributed by atoms with Crippen LogP contribution < -0.4 is 10.7 Å². The third-order valence-corrected chi connectivity index (χ3v) is 4.03. The van der Waals surface area contributed by atoms with E-state index in [1.54, 1.807) is 6.07 Å². The molecule has 0 unspecified atom stereocenters. The maximum atomic E-state index is 12.4. The van der Waals surface area contributed by atoms with Gasteiger partial charge in [-0.2, -0.15) is 0 Å². The Morgan fingerprint density at radius 2 is 1.74 bits per heavy atom. The molecule has 1 aromatic heterocycles. The van der Waals surface area contributed by atoms with Crippen LogP contribution in [0.2, 0.25) is 0 Å². The molecule has 0 spiro atoms. The van der Waals surface area contributed by atoms with Gasteiger partial charge in [-0.1, -0.05) is 24.3 Å². The highest BCUT2D eigenvalue weighted by Gasteiger charge is 2.15. The SMILES string of the molecule is Cc1ccccc1NC(=O)c1cc(=O)c2ccc(C)c(C)c2o1. The monoisotopic (exact) mass is 307 g/mol. The molecule has 0 radical (unpaired) electrons. The zero-order chi connectivity index (χ0) is 16.6. The molecule has 1 heterocycles. The normalized spacial score (nSPS) is 10.7. The third kappa shape index (κ3) is 2.75. The summed E-state index contributed by atoms with van der Waals surface area (Å²) < 4.78 is 5.72. The number of carbonyl (C=O) groups is 1. The van der Waals surface area contributed by atoms with E-state index in [0.29, 0.717) is 16.7 Å². The van der Waals surface area contributed by atoms with Crippen LogP contribution in [-0.4, -0.2) is 5.91 Å². The number of amides is 1. The fraction of sp³-hybridized carbons (Fsp3) is 0.158. The summed E-state index contributed by atoms with van der Waals surface area (Å²) in [4.78, 5) is 24.7. The Labute approximate surface area is 133 Å². The lowest BCUT2D eigenvalue weighted by molar-refractivity contribution is 0.0997. The largest absolute Gasteiger partial charge is 0.450 e. The number of aryl methyl sites for hydroxylation is 3. The predicted octanol–water partition coefficient (Wildman–Crippen LogP) is 3.97. The summed E-state index contributed by atoms with van der Waals surface area (Å²) in [5.41, 5.74) is 3.76. The highest BCUT2D eigenvalue weighted by molar-refractivity contribution is 6.03. The number of hydrogen-bond acceptors (Lipinski definition) is 3. The van der Waals surface area contributed by atoms with Gasteiger partial charge in [0.1, 0.15) is 5.58 Å². The van der Waals surface area contributed by atoms with E-state index in [9.17, 15) is 9.59 Å². The van der Waals surface area contributed by atoms with Crippen molar-refractivity contribution in [3.05, 3.63) is 75.1 Å². The number of fused-ring (bicyclic) bond motifs is 1. The summed E-state index contributed by atoms with van der Waals surface area (Å²) in [6.07, 6.45) is 0. The molecule has 23 heavy (non-hydrogen) atoms. The Bertz CT molecular complexity index is 970. The summed E-state index contributed by atoms with van der Waals surface area (Å²) in [6, 6.07) is 12.3. The molecule has 0 aliphatic heterocycles. The fourth-order valence-corrected chi connectivity index (χ4v) is 2.46. The van der Waals surface area contributed by atoms with E-state index < -0.39 is 5.91 Å². The summed E-state index contributed by atoms with van der Waals surface area (Å²) in [5, 5.41) is 3.27. The molecule has 4 heteroatoms. The summed E-state index contributed by atoms with van der Waals surface area (Å²) in [7, 11) is 0. The van der Waals surface area contributed by atoms with E-state index in [4.69, 9.17) is 4.42 Å². The lowest BCUT2D eigenvalue weighted by atomic mass is 10.1. The first-order chi connectivity index (χ1) is 11.0. The molecule has 0 fully saturated rings. The third-order valence-electron chi connectivity index (χ3n) is 4.03. The Hall–Kier alpha value is -2.88. The number of nitrogens with one attached hydrogen (secondary N) is 1. The first-order valence-electron chi connectivity index (χ1n) is 7.38. The summed E-state index contributed by atoms with van der Waals surface area (Å²) in [5.74, 6) is -0.418. The molecule has 2 aromatic carbocycles. The minimum Gasteiger partial charge on any atom is -0.450 e. The molecule has 1 amide bonds. The topological polar surface area (TPSA) is 59.3 Å². The van der Waals surface area contributed by atoms with Crippen molar-refractivity contribution in [1.82, 2.24) is 0 Å². The lowest BCUT2D eigenvalue weighted by Crippen LogP contribution is -2.15. The van der Waals surface area contributed by atoms with Gasteiger partial charge in [-0.15, -0.1) is 0 Å². The molecular formula is C19H17NO3. The standard InChI is InChI=1S/C19H17NO3/c1-11-8-9-14-16(21)10-17(23-18(14)13(11)3)19(22)20-15-7-5-4-6-12(15)2/h4-10H,1-3H3,(H,20,22). The highest BCUT2D eigenvalue weighted by Crippen LogP contribution is 2.21. The number of rotatable bonds is 2. The average molecular weight is 307 g/mol. The van der Waals surface area contributed by atoms with Crippen LogP contribution in [0.4, 0.5) is 5.69 Å². The molecule has 3 aromatic rings. The second kappa shape index (κ2) is 5.72. The second-order valence-electron chi connectivity index (χ2n) is 5.63. The Morgan fingerprint density at radius 1 is 1.00 bits per heavy atom. The van der Waals surface area contributed by atoms with Crippen LogP contribution in [0.15, 0.2) is 51.7 Å². The molecule has 4 nitrogen and oxygen atoms in total. The first-order valence-corrected chi connectivity index (χ1v) is 7.38. The molecule has 0 saturated heterocycles. The minimum atomic E-state index is -0.431. The Morgan fingerprint density at radius 3 is 2.48 bits per heavy atom. The minimum absolute atomic E-state index is 0.0134. The van der Waals surface area contributed by atoms with Gasteiger partial charge in [0.05, 0.1) is 5.39 Å². The number of carbonyl (C=O) groups excluding carboxylic acids is 1. The van der Waals surface area contributed by atoms with Crippen molar-refractivity contribution in [2.75, 3.05) is 5.32 Å². The van der Waals surface area contributed by atoms with Gasteiger partial charge in [0.15, 0.2) is 11.2 Å². The molecule has 116 valence electrons. The van der Waals surface area contributed by atoms with Crippen molar-refractivity contribution < 1.29 is 9.21 Å². The zero-order valence-corrected chi connectivity index (χ0v) is 13.3. The summed E-state index contributed by atoms with van der Waals surface area (Å²) in [6.45, 7) is 5.72. The molecule has 0 aliphatic rings. The molecule has 0 bridgehead atoms. The van der Waals surface area contributed by atoms with Gasteiger partial charge in [-0.05, 0) is 49.6 Å². The molecular weight excluding hydrogens is 290 g/mol. The van der Waals surface area contributed by atoms with Crippen molar-refractivity contribution in [2.45, 2.75) is 20.8 Å². The lowest BCUT2D eigenvalue weighted by Gasteiger charge is -2.09. The summed E-state index contributed by atoms with van der Waals surface area (Å²) >= 11 is 0. The molecule has 0 atom stereocenters. The predicted molar refractivity (Wildman–Crippen MR) is 91.1 cm³/mol. The van der Waals surface area contributed by atoms with Gasteiger partial charge in [-0.3, -0.25) is 9.59 Å². The van der Waals surface area contributed by atoms with Crippen molar-refractivity contribution >= 4 is 22.6 Å². The van der Waals surface area contributed by atoms with Crippen LogP contribution in [0.3, 0.4) is 0 Å². The van der Waals surface area contributed by atoms with Gasteiger partial charge < -0.3 is 9.73 Å². The Balaban J connectivity index is 2.06. The van der Waals surface area contributed by atoms with Gasteiger partial charge in [-0.25, -0.2) is 0 Å². The highest BCUT2D eigenvalue weighted by atomic mass is 16.3. The number of para-hydroxylation sites is 1. The van der Waals surface area contributed by atoms with E-state index in [-0.39, 0.29) is 11.2 Å².